The van der Waals surface area contributed by atoms with Gasteiger partial charge in [0.15, 0.2) is 6.10 Å². The lowest BCUT2D eigenvalue weighted by Crippen LogP contribution is -2.42. The van der Waals surface area contributed by atoms with E-state index in [-0.39, 0.29) is 37.2 Å². The van der Waals surface area contributed by atoms with Gasteiger partial charge in [0.2, 0.25) is 0 Å². The molecule has 0 radical (unpaired) electrons. The Morgan fingerprint density at radius 3 is 1.98 bits per heavy atom. The molecule has 3 aromatic rings. The summed E-state index contributed by atoms with van der Waals surface area (Å²) in [6.45, 7) is 3.52. The fourth-order valence-electron chi connectivity index (χ4n) is 3.81. The Morgan fingerprint density at radius 2 is 1.38 bits per heavy atom. The molecular weight excluding hydrogens is 522 g/mol. The number of benzene rings is 3. The van der Waals surface area contributed by atoms with E-state index < -0.39 is 12.1 Å². The molecule has 0 aliphatic carbocycles. The molecule has 2 amide bonds. The van der Waals surface area contributed by atoms with Crippen LogP contribution in [0.1, 0.15) is 24.5 Å². The number of carbonyl (C=O) groups is 2. The Kier molecular flexibility index (Phi) is 12.2. The van der Waals surface area contributed by atoms with Crippen LogP contribution in [0.2, 0.25) is 0 Å². The first-order valence-corrected chi connectivity index (χ1v) is 13.1. The molecule has 0 fully saturated rings. The molecule has 0 aromatic heterocycles. The molecule has 2 N–H and O–H groups in total. The first-order valence-electron chi connectivity index (χ1n) is 13.1. The molecule has 1 unspecified atom stereocenters. The van der Waals surface area contributed by atoms with Crippen LogP contribution in [-0.2, 0) is 22.5 Å². The molecule has 3 aromatic carbocycles. The van der Waals surface area contributed by atoms with E-state index in [4.69, 9.17) is 14.2 Å². The summed E-state index contributed by atoms with van der Waals surface area (Å²) >= 11 is 0. The zero-order chi connectivity index (χ0) is 28.7. The number of urea groups is 1. The van der Waals surface area contributed by atoms with E-state index in [1.165, 1.54) is 24.3 Å². The normalized spacial score (nSPS) is 11.5. The molecule has 10 heteroatoms. The van der Waals surface area contributed by atoms with Gasteiger partial charge < -0.3 is 29.5 Å². The molecular formula is C30H34F2N2O6. The van der Waals surface area contributed by atoms with Crippen molar-refractivity contribution in [2.24, 2.45) is 0 Å². The molecule has 0 heterocycles. The highest BCUT2D eigenvalue weighted by molar-refractivity contribution is 5.74. The third-order valence-electron chi connectivity index (χ3n) is 5.92. The standard InChI is InChI=1S/C30H34F2N2O6/c1-2-38-28(29(35)36)20-22-6-12-26(13-7-22)40-19-17-34(16-3-18-39-27-14-10-25(32)11-15-27)30(37)33-21-23-4-8-24(31)9-5-23/h4-15,28H,2-3,16-21H2,1H3,(H,33,37)(H,35,36). The Hall–Kier alpha value is -4.18. The lowest BCUT2D eigenvalue weighted by Gasteiger charge is -2.23. The summed E-state index contributed by atoms with van der Waals surface area (Å²) in [5.41, 5.74) is 1.57. The van der Waals surface area contributed by atoms with Gasteiger partial charge in [0, 0.05) is 26.1 Å². The second-order valence-corrected chi connectivity index (χ2v) is 8.91. The number of hydrogen-bond acceptors (Lipinski definition) is 5. The molecule has 0 saturated carbocycles. The number of carbonyl (C=O) groups excluding carboxylic acids is 1. The number of rotatable bonds is 16. The SMILES string of the molecule is CCOC(Cc1ccc(OCCN(CCCOc2ccc(F)cc2)C(=O)NCc2ccc(F)cc2)cc1)C(=O)O. The van der Waals surface area contributed by atoms with Crippen molar-refractivity contribution >= 4 is 12.0 Å². The van der Waals surface area contributed by atoms with Crippen LogP contribution >= 0.6 is 0 Å². The van der Waals surface area contributed by atoms with E-state index in [0.717, 1.165) is 11.1 Å². The van der Waals surface area contributed by atoms with Crippen molar-refractivity contribution in [1.82, 2.24) is 10.2 Å². The van der Waals surface area contributed by atoms with Crippen molar-refractivity contribution in [1.29, 1.82) is 0 Å². The van der Waals surface area contributed by atoms with Gasteiger partial charge in [0.25, 0.3) is 0 Å². The van der Waals surface area contributed by atoms with Crippen LogP contribution in [0.3, 0.4) is 0 Å². The number of halogens is 2. The first-order chi connectivity index (χ1) is 19.3. The Labute approximate surface area is 232 Å². The second-order valence-electron chi connectivity index (χ2n) is 8.91. The zero-order valence-corrected chi connectivity index (χ0v) is 22.4. The molecule has 0 aliphatic rings. The topological polar surface area (TPSA) is 97.3 Å². The smallest absolute Gasteiger partial charge is 0.333 e. The maximum atomic E-state index is 13.2. The van der Waals surface area contributed by atoms with E-state index in [2.05, 4.69) is 5.32 Å². The number of hydrogen-bond donors (Lipinski definition) is 2. The van der Waals surface area contributed by atoms with E-state index >= 15 is 0 Å². The maximum Gasteiger partial charge on any atom is 0.333 e. The minimum Gasteiger partial charge on any atom is -0.494 e. The average molecular weight is 557 g/mol. The van der Waals surface area contributed by atoms with Gasteiger partial charge in [-0.05, 0) is 73.0 Å². The molecule has 0 bridgehead atoms. The number of amides is 2. The molecule has 8 nitrogen and oxygen atoms in total. The largest absolute Gasteiger partial charge is 0.494 e. The van der Waals surface area contributed by atoms with Gasteiger partial charge in [-0.25, -0.2) is 18.4 Å². The van der Waals surface area contributed by atoms with Gasteiger partial charge in [0.1, 0.15) is 29.7 Å². The Morgan fingerprint density at radius 1 is 0.825 bits per heavy atom. The Balaban J connectivity index is 1.51. The van der Waals surface area contributed by atoms with Crippen LogP contribution in [0.15, 0.2) is 72.8 Å². The van der Waals surface area contributed by atoms with Gasteiger partial charge in [-0.1, -0.05) is 24.3 Å². The minimum atomic E-state index is -1.01. The third-order valence-corrected chi connectivity index (χ3v) is 5.92. The van der Waals surface area contributed by atoms with Gasteiger partial charge >= 0.3 is 12.0 Å². The highest BCUT2D eigenvalue weighted by atomic mass is 19.1. The van der Waals surface area contributed by atoms with Crippen molar-refractivity contribution < 1.29 is 37.7 Å². The monoisotopic (exact) mass is 556 g/mol. The summed E-state index contributed by atoms with van der Waals surface area (Å²) in [6.07, 6.45) is -0.141. The van der Waals surface area contributed by atoms with Crippen LogP contribution in [0, 0.1) is 11.6 Å². The molecule has 214 valence electrons. The van der Waals surface area contributed by atoms with Crippen molar-refractivity contribution in [2.45, 2.75) is 32.4 Å². The van der Waals surface area contributed by atoms with E-state index in [1.807, 2.05) is 0 Å². The highest BCUT2D eigenvalue weighted by Gasteiger charge is 2.18. The summed E-state index contributed by atoms with van der Waals surface area (Å²) in [6, 6.07) is 18.4. The lowest BCUT2D eigenvalue weighted by atomic mass is 10.1. The van der Waals surface area contributed by atoms with E-state index in [0.29, 0.717) is 44.2 Å². The van der Waals surface area contributed by atoms with Crippen molar-refractivity contribution in [3.8, 4) is 11.5 Å². The highest BCUT2D eigenvalue weighted by Crippen LogP contribution is 2.15. The Bertz CT molecular complexity index is 1190. The fraction of sp³-hybridized carbons (Fsp3) is 0.333. The first kappa shape index (κ1) is 30.4. The molecule has 3 rings (SSSR count). The molecule has 0 aliphatic heterocycles. The van der Waals surface area contributed by atoms with Gasteiger partial charge in [-0.2, -0.15) is 0 Å². The fourth-order valence-corrected chi connectivity index (χ4v) is 3.81. The summed E-state index contributed by atoms with van der Waals surface area (Å²) < 4.78 is 43.0. The summed E-state index contributed by atoms with van der Waals surface area (Å²) in [5.74, 6) is -0.585. The molecule has 1 atom stereocenters. The van der Waals surface area contributed by atoms with Crippen LogP contribution < -0.4 is 14.8 Å². The number of carboxylic acid groups (broad SMARTS) is 1. The van der Waals surface area contributed by atoms with Crippen molar-refractivity contribution in [2.75, 3.05) is 32.9 Å². The quantitative estimate of drug-likeness (QED) is 0.240. The van der Waals surface area contributed by atoms with Crippen LogP contribution in [0.25, 0.3) is 0 Å². The van der Waals surface area contributed by atoms with Crippen LogP contribution in [-0.4, -0.2) is 61.0 Å². The summed E-state index contributed by atoms with van der Waals surface area (Å²) in [7, 11) is 0. The third kappa shape index (κ3) is 10.5. The van der Waals surface area contributed by atoms with Gasteiger partial charge in [0.05, 0.1) is 13.2 Å². The maximum absolute atomic E-state index is 13.2. The number of nitrogens with one attached hydrogen (secondary N) is 1. The van der Waals surface area contributed by atoms with Crippen molar-refractivity contribution in [3.05, 3.63) is 95.6 Å². The van der Waals surface area contributed by atoms with Gasteiger partial charge in [-0.15, -0.1) is 0 Å². The number of carboxylic acids is 1. The number of ether oxygens (including phenoxy) is 3. The lowest BCUT2D eigenvalue weighted by molar-refractivity contribution is -0.149. The molecule has 0 spiro atoms. The second kappa shape index (κ2) is 16.0. The van der Waals surface area contributed by atoms with Crippen LogP contribution in [0.4, 0.5) is 13.6 Å². The molecule has 0 saturated heterocycles. The number of nitrogens with zero attached hydrogens (tertiary/aromatic N) is 1. The predicted octanol–water partition coefficient (Wildman–Crippen LogP) is 5.06. The minimum absolute atomic E-state index is 0.221. The average Bonchev–Trinajstić information content (AvgIpc) is 2.95. The predicted molar refractivity (Wildman–Crippen MR) is 145 cm³/mol. The summed E-state index contributed by atoms with van der Waals surface area (Å²) in [5, 5.41) is 12.1. The van der Waals surface area contributed by atoms with Crippen molar-refractivity contribution in [3.63, 3.8) is 0 Å². The van der Waals surface area contributed by atoms with E-state index in [1.54, 1.807) is 60.4 Å². The number of aliphatic carboxylic acids is 1. The van der Waals surface area contributed by atoms with Gasteiger partial charge in [-0.3, -0.25) is 0 Å². The molecule has 40 heavy (non-hydrogen) atoms. The zero-order valence-electron chi connectivity index (χ0n) is 22.4. The van der Waals surface area contributed by atoms with Crippen LogP contribution in [0.5, 0.6) is 11.5 Å². The summed E-state index contributed by atoms with van der Waals surface area (Å²) in [4.78, 5) is 25.8. The van der Waals surface area contributed by atoms with E-state index in [9.17, 15) is 23.5 Å².